The van der Waals surface area contributed by atoms with Gasteiger partial charge in [-0.3, -0.25) is 4.90 Å². The molecule has 0 aliphatic carbocycles. The van der Waals surface area contributed by atoms with E-state index in [1.54, 1.807) is 0 Å². The van der Waals surface area contributed by atoms with Gasteiger partial charge < -0.3 is 25.0 Å². The first kappa shape index (κ1) is 24.0. The fourth-order valence-corrected chi connectivity index (χ4v) is 5.13. The van der Waals surface area contributed by atoms with Crippen molar-refractivity contribution >= 4 is 17.5 Å². The molecule has 1 aromatic carbocycles. The Hall–Kier alpha value is -2.75. The summed E-state index contributed by atoms with van der Waals surface area (Å²) in [5.74, 6) is 1.77. The summed E-state index contributed by atoms with van der Waals surface area (Å²) in [4.78, 5) is 26.9. The molecule has 0 radical (unpaired) electrons. The number of benzene rings is 1. The van der Waals surface area contributed by atoms with Crippen molar-refractivity contribution in [3.63, 3.8) is 0 Å². The maximum atomic E-state index is 11.9. The van der Waals surface area contributed by atoms with Gasteiger partial charge in [-0.15, -0.1) is 0 Å². The first-order valence-electron chi connectivity index (χ1n) is 12.6. The molecule has 0 bridgehead atoms. The van der Waals surface area contributed by atoms with Crippen molar-refractivity contribution in [2.24, 2.45) is 5.41 Å². The van der Waals surface area contributed by atoms with E-state index in [1.165, 1.54) is 5.56 Å². The molecule has 2 N–H and O–H groups in total. The fourth-order valence-electron chi connectivity index (χ4n) is 5.13. The second kappa shape index (κ2) is 10.1. The summed E-state index contributed by atoms with van der Waals surface area (Å²) in [6.45, 7) is 13.7. The highest BCUT2D eigenvalue weighted by Crippen LogP contribution is 2.34. The Labute approximate surface area is 207 Å². The van der Waals surface area contributed by atoms with Crippen molar-refractivity contribution in [3.8, 4) is 11.4 Å². The lowest BCUT2D eigenvalue weighted by Crippen LogP contribution is -2.50. The van der Waals surface area contributed by atoms with Gasteiger partial charge in [0.2, 0.25) is 0 Å². The van der Waals surface area contributed by atoms with E-state index in [0.717, 1.165) is 74.4 Å². The van der Waals surface area contributed by atoms with Crippen LogP contribution in [0.1, 0.15) is 32.0 Å². The van der Waals surface area contributed by atoms with Crippen molar-refractivity contribution in [1.82, 2.24) is 20.2 Å². The molecule has 3 aliphatic rings. The van der Waals surface area contributed by atoms with Crippen molar-refractivity contribution in [2.75, 3.05) is 62.8 Å². The number of nitrogens with zero attached hydrogens (tertiary/aromatic N) is 4. The summed E-state index contributed by atoms with van der Waals surface area (Å²) in [6.07, 6.45) is 0.946. The molecule has 2 amide bonds. The Morgan fingerprint density at radius 3 is 2.66 bits per heavy atom. The molecule has 0 spiro atoms. The molecule has 2 aromatic rings. The zero-order chi connectivity index (χ0) is 24.4. The molecule has 2 saturated heterocycles. The number of morpholine rings is 1. The second-order valence-corrected chi connectivity index (χ2v) is 10.2. The number of amides is 2. The molecule has 4 heterocycles. The van der Waals surface area contributed by atoms with E-state index in [4.69, 9.17) is 19.4 Å². The SMILES string of the molecule is CCNC(=O)Nc1ccc(-c2nc3c(c(N4CCOC[C@@H]4C)n2)CCN(CC2(C)COC2)C3)cc1. The fraction of sp³-hybridized carbons (Fsp3) is 0.577. The second-order valence-electron chi connectivity index (χ2n) is 10.2. The van der Waals surface area contributed by atoms with Gasteiger partial charge in [0, 0.05) is 55.0 Å². The molecule has 5 rings (SSSR count). The molecule has 9 nitrogen and oxygen atoms in total. The maximum absolute atomic E-state index is 11.9. The van der Waals surface area contributed by atoms with Gasteiger partial charge >= 0.3 is 6.03 Å². The van der Waals surface area contributed by atoms with Gasteiger partial charge in [0.15, 0.2) is 5.82 Å². The average molecular weight is 481 g/mol. The molecule has 0 unspecified atom stereocenters. The van der Waals surface area contributed by atoms with Gasteiger partial charge in [0.25, 0.3) is 0 Å². The van der Waals surface area contributed by atoms with Gasteiger partial charge in [-0.05, 0) is 44.5 Å². The van der Waals surface area contributed by atoms with Gasteiger partial charge in [0.1, 0.15) is 5.82 Å². The van der Waals surface area contributed by atoms with Crippen molar-refractivity contribution in [2.45, 2.75) is 39.8 Å². The zero-order valence-corrected chi connectivity index (χ0v) is 21.0. The molecule has 2 fully saturated rings. The van der Waals surface area contributed by atoms with Crippen molar-refractivity contribution in [3.05, 3.63) is 35.5 Å². The number of urea groups is 1. The Bertz CT molecular complexity index is 1060. The molecule has 1 atom stereocenters. The summed E-state index contributed by atoms with van der Waals surface area (Å²) in [5, 5.41) is 5.60. The first-order valence-corrected chi connectivity index (χ1v) is 12.6. The van der Waals surface area contributed by atoms with E-state index >= 15 is 0 Å². The van der Waals surface area contributed by atoms with Gasteiger partial charge in [-0.25, -0.2) is 14.8 Å². The average Bonchev–Trinajstić information content (AvgIpc) is 2.83. The Kier molecular flexibility index (Phi) is 6.91. The minimum atomic E-state index is -0.209. The minimum Gasteiger partial charge on any atom is -0.380 e. The van der Waals surface area contributed by atoms with E-state index in [2.05, 4.69) is 34.3 Å². The quantitative estimate of drug-likeness (QED) is 0.657. The highest BCUT2D eigenvalue weighted by molar-refractivity contribution is 5.89. The number of anilines is 2. The smallest absolute Gasteiger partial charge is 0.319 e. The molecule has 188 valence electrons. The van der Waals surface area contributed by atoms with Crippen LogP contribution in [0, 0.1) is 5.41 Å². The highest BCUT2D eigenvalue weighted by Gasteiger charge is 2.37. The third kappa shape index (κ3) is 5.27. The van der Waals surface area contributed by atoms with Gasteiger partial charge in [-0.2, -0.15) is 0 Å². The van der Waals surface area contributed by atoms with Crippen molar-refractivity contribution in [1.29, 1.82) is 0 Å². The van der Waals surface area contributed by atoms with Gasteiger partial charge in [0.05, 0.1) is 38.2 Å². The number of fused-ring (bicyclic) bond motifs is 1. The normalized spacial score (nSPS) is 21.7. The number of rotatable bonds is 6. The predicted octanol–water partition coefficient (Wildman–Crippen LogP) is 2.90. The Balaban J connectivity index is 1.45. The van der Waals surface area contributed by atoms with E-state index in [0.29, 0.717) is 19.8 Å². The summed E-state index contributed by atoms with van der Waals surface area (Å²) < 4.78 is 11.2. The van der Waals surface area contributed by atoms with E-state index in [9.17, 15) is 4.79 Å². The van der Waals surface area contributed by atoms with Crippen LogP contribution < -0.4 is 15.5 Å². The largest absolute Gasteiger partial charge is 0.380 e. The maximum Gasteiger partial charge on any atom is 0.319 e. The Morgan fingerprint density at radius 2 is 1.97 bits per heavy atom. The van der Waals surface area contributed by atoms with Crippen molar-refractivity contribution < 1.29 is 14.3 Å². The van der Waals surface area contributed by atoms with Crippen LogP contribution in [-0.2, 0) is 22.4 Å². The topological polar surface area (TPSA) is 91.9 Å². The van der Waals surface area contributed by atoms with Crippen LogP contribution in [-0.4, -0.2) is 79.5 Å². The van der Waals surface area contributed by atoms with Crippen LogP contribution in [0.5, 0.6) is 0 Å². The van der Waals surface area contributed by atoms with E-state index in [-0.39, 0.29) is 17.5 Å². The number of aromatic nitrogens is 2. The summed E-state index contributed by atoms with van der Waals surface area (Å²) in [7, 11) is 0. The number of carbonyl (C=O) groups excluding carboxylic acids is 1. The minimum absolute atomic E-state index is 0.209. The van der Waals surface area contributed by atoms with Crippen LogP contribution >= 0.6 is 0 Å². The van der Waals surface area contributed by atoms with Crippen LogP contribution in [0.4, 0.5) is 16.3 Å². The molecule has 0 saturated carbocycles. The third-order valence-corrected chi connectivity index (χ3v) is 7.01. The predicted molar refractivity (Wildman–Crippen MR) is 136 cm³/mol. The zero-order valence-electron chi connectivity index (χ0n) is 21.0. The monoisotopic (exact) mass is 480 g/mol. The Morgan fingerprint density at radius 1 is 1.17 bits per heavy atom. The van der Waals surface area contributed by atoms with Crippen LogP contribution in [0.2, 0.25) is 0 Å². The molecular weight excluding hydrogens is 444 g/mol. The number of hydrogen-bond donors (Lipinski definition) is 2. The lowest BCUT2D eigenvalue weighted by atomic mass is 9.87. The van der Waals surface area contributed by atoms with E-state index < -0.39 is 0 Å². The highest BCUT2D eigenvalue weighted by atomic mass is 16.5. The standard InChI is InChI=1S/C26H36N6O3/c1-4-27-25(33)28-20-7-5-19(6-8-20)23-29-22-13-31(15-26(3)16-35-17-26)10-9-21(22)24(30-23)32-11-12-34-14-18(32)2/h5-8,18H,4,9-17H2,1-3H3,(H2,27,28,33)/t18-/m0/s1. The van der Waals surface area contributed by atoms with Gasteiger partial charge in [-0.1, -0.05) is 6.92 Å². The van der Waals surface area contributed by atoms with Crippen LogP contribution in [0.25, 0.3) is 11.4 Å². The summed E-state index contributed by atoms with van der Waals surface area (Å²) in [5.41, 5.74) is 4.29. The summed E-state index contributed by atoms with van der Waals surface area (Å²) >= 11 is 0. The lowest BCUT2D eigenvalue weighted by Gasteiger charge is -2.43. The van der Waals surface area contributed by atoms with Crippen LogP contribution in [0.15, 0.2) is 24.3 Å². The number of nitrogens with one attached hydrogen (secondary N) is 2. The third-order valence-electron chi connectivity index (χ3n) is 7.01. The molecule has 3 aliphatic heterocycles. The number of carbonyl (C=O) groups is 1. The molecule has 9 heteroatoms. The molecular formula is C26H36N6O3. The first-order chi connectivity index (χ1) is 16.9. The van der Waals surface area contributed by atoms with E-state index in [1.807, 2.05) is 31.2 Å². The lowest BCUT2D eigenvalue weighted by molar-refractivity contribution is -0.116. The molecule has 35 heavy (non-hydrogen) atoms. The number of ether oxygens (including phenoxy) is 2. The van der Waals surface area contributed by atoms with Crippen LogP contribution in [0.3, 0.4) is 0 Å². The number of hydrogen-bond acceptors (Lipinski definition) is 7. The molecule has 1 aromatic heterocycles. The summed E-state index contributed by atoms with van der Waals surface area (Å²) in [6, 6.07) is 7.80.